The Balaban J connectivity index is 1.67. The third-order valence-corrected chi connectivity index (χ3v) is 3.93. The van der Waals surface area contributed by atoms with Gasteiger partial charge >= 0.3 is 0 Å². The number of nitrogens with one attached hydrogen (secondary N) is 1. The highest BCUT2D eigenvalue weighted by Gasteiger charge is 2.12. The van der Waals surface area contributed by atoms with E-state index in [-0.39, 0.29) is 0 Å². The molecule has 0 aromatic carbocycles. The number of nitrogens with zero attached hydrogens (tertiary/aromatic N) is 4. The lowest BCUT2D eigenvalue weighted by Gasteiger charge is -2.16. The van der Waals surface area contributed by atoms with E-state index in [2.05, 4.69) is 38.2 Å². The molecule has 0 saturated heterocycles. The van der Waals surface area contributed by atoms with Gasteiger partial charge in [-0.25, -0.2) is 4.98 Å². The van der Waals surface area contributed by atoms with Gasteiger partial charge in [0.25, 0.3) is 0 Å². The Kier molecular flexibility index (Phi) is 3.99. The molecule has 0 radical (unpaired) electrons. The van der Waals surface area contributed by atoms with Crippen molar-refractivity contribution in [1.29, 1.82) is 0 Å². The molecule has 0 bridgehead atoms. The molecule has 1 aliphatic carbocycles. The number of rotatable bonds is 5. The molecule has 0 atom stereocenters. The number of anilines is 2. The quantitative estimate of drug-likeness (QED) is 0.913. The summed E-state index contributed by atoms with van der Waals surface area (Å²) in [5.74, 6) is 1.59. The van der Waals surface area contributed by atoms with E-state index in [9.17, 15) is 0 Å². The smallest absolute Gasteiger partial charge is 0.224 e. The zero-order valence-electron chi connectivity index (χ0n) is 12.6. The van der Waals surface area contributed by atoms with Gasteiger partial charge in [-0.05, 0) is 43.4 Å². The number of hydrogen-bond donors (Lipinski definition) is 1. The lowest BCUT2D eigenvalue weighted by atomic mass is 10.1. The third-order valence-electron chi connectivity index (χ3n) is 3.93. The molecule has 5 nitrogen and oxygen atoms in total. The Morgan fingerprint density at radius 2 is 2.19 bits per heavy atom. The van der Waals surface area contributed by atoms with Crippen molar-refractivity contribution in [2.24, 2.45) is 0 Å². The average Bonchev–Trinajstić information content (AvgIpc) is 3.00. The molecular weight excluding hydrogens is 262 g/mol. The fourth-order valence-corrected chi connectivity index (χ4v) is 2.56. The molecule has 0 unspecified atom stereocenters. The van der Waals surface area contributed by atoms with Crippen molar-refractivity contribution in [3.8, 4) is 0 Å². The summed E-state index contributed by atoms with van der Waals surface area (Å²) in [6.07, 6.45) is 7.26. The van der Waals surface area contributed by atoms with Gasteiger partial charge in [0.1, 0.15) is 5.82 Å². The first kappa shape index (κ1) is 13.8. The Bertz CT molecular complexity index is 626. The van der Waals surface area contributed by atoms with Crippen LogP contribution in [0, 0.1) is 0 Å². The fraction of sp³-hybridized carbons (Fsp3) is 0.438. The normalized spacial score (nSPS) is 13.0. The van der Waals surface area contributed by atoms with Crippen LogP contribution in [-0.4, -0.2) is 28.5 Å². The van der Waals surface area contributed by atoms with E-state index in [0.717, 1.165) is 25.2 Å². The zero-order valence-corrected chi connectivity index (χ0v) is 12.6. The van der Waals surface area contributed by atoms with Gasteiger partial charge in [-0.1, -0.05) is 6.07 Å². The highest BCUT2D eigenvalue weighted by Crippen LogP contribution is 2.20. The van der Waals surface area contributed by atoms with Crippen molar-refractivity contribution < 1.29 is 0 Å². The van der Waals surface area contributed by atoms with Crippen molar-refractivity contribution in [2.75, 3.05) is 23.8 Å². The SMILES string of the molecule is CCN(C)c1ccnc(NCc2cnc3c(c2)CCC3)n1. The first-order valence-corrected chi connectivity index (χ1v) is 7.51. The van der Waals surface area contributed by atoms with Gasteiger partial charge in [-0.3, -0.25) is 4.98 Å². The molecule has 0 spiro atoms. The van der Waals surface area contributed by atoms with Crippen molar-refractivity contribution >= 4 is 11.8 Å². The van der Waals surface area contributed by atoms with Gasteiger partial charge in [0.15, 0.2) is 0 Å². The standard InChI is InChI=1S/C16H21N5/c1-3-21(2)15-7-8-17-16(20-15)19-11-12-9-13-5-4-6-14(13)18-10-12/h7-10H,3-6,11H2,1-2H3,(H,17,19,20). The first-order chi connectivity index (χ1) is 10.3. The summed E-state index contributed by atoms with van der Waals surface area (Å²) in [7, 11) is 2.02. The van der Waals surface area contributed by atoms with Crippen LogP contribution in [0.2, 0.25) is 0 Å². The molecule has 0 fully saturated rings. The predicted molar refractivity (Wildman–Crippen MR) is 84.6 cm³/mol. The van der Waals surface area contributed by atoms with Gasteiger partial charge in [0.05, 0.1) is 0 Å². The Hall–Kier alpha value is -2.17. The zero-order chi connectivity index (χ0) is 14.7. The van der Waals surface area contributed by atoms with E-state index in [4.69, 9.17) is 0 Å². The minimum atomic E-state index is 0.660. The van der Waals surface area contributed by atoms with Crippen LogP contribution >= 0.6 is 0 Å². The topological polar surface area (TPSA) is 53.9 Å². The lowest BCUT2D eigenvalue weighted by molar-refractivity contribution is 0.899. The molecule has 0 amide bonds. The number of fused-ring (bicyclic) bond motifs is 1. The Morgan fingerprint density at radius 3 is 3.05 bits per heavy atom. The molecule has 0 aliphatic heterocycles. The minimum absolute atomic E-state index is 0.660. The summed E-state index contributed by atoms with van der Waals surface area (Å²) in [4.78, 5) is 15.4. The van der Waals surface area contributed by atoms with E-state index >= 15 is 0 Å². The van der Waals surface area contributed by atoms with E-state index in [1.807, 2.05) is 19.3 Å². The Morgan fingerprint density at radius 1 is 1.29 bits per heavy atom. The van der Waals surface area contributed by atoms with Crippen molar-refractivity contribution in [2.45, 2.75) is 32.7 Å². The number of aromatic nitrogens is 3. The first-order valence-electron chi connectivity index (χ1n) is 7.51. The van der Waals surface area contributed by atoms with Crippen LogP contribution in [0.15, 0.2) is 24.5 Å². The van der Waals surface area contributed by atoms with Gasteiger partial charge in [-0.2, -0.15) is 4.98 Å². The highest BCUT2D eigenvalue weighted by molar-refractivity contribution is 5.42. The van der Waals surface area contributed by atoms with Crippen LogP contribution in [0.5, 0.6) is 0 Å². The monoisotopic (exact) mass is 283 g/mol. The lowest BCUT2D eigenvalue weighted by Crippen LogP contribution is -2.18. The van der Waals surface area contributed by atoms with Crippen molar-refractivity contribution in [3.05, 3.63) is 41.3 Å². The number of hydrogen-bond acceptors (Lipinski definition) is 5. The molecule has 2 aromatic rings. The molecule has 2 aromatic heterocycles. The van der Waals surface area contributed by atoms with Crippen LogP contribution in [0.25, 0.3) is 0 Å². The molecule has 0 saturated carbocycles. The summed E-state index contributed by atoms with van der Waals surface area (Å²) in [6, 6.07) is 4.18. The molecule has 1 aliphatic rings. The van der Waals surface area contributed by atoms with Crippen molar-refractivity contribution in [3.63, 3.8) is 0 Å². The van der Waals surface area contributed by atoms with Crippen LogP contribution in [0.4, 0.5) is 11.8 Å². The maximum atomic E-state index is 4.54. The van der Waals surface area contributed by atoms with E-state index in [0.29, 0.717) is 12.5 Å². The molecule has 3 rings (SSSR count). The predicted octanol–water partition coefficient (Wildman–Crippen LogP) is 2.43. The second kappa shape index (κ2) is 6.08. The van der Waals surface area contributed by atoms with Crippen LogP contribution in [-0.2, 0) is 19.4 Å². The van der Waals surface area contributed by atoms with Gasteiger partial charge < -0.3 is 10.2 Å². The molecular formula is C16H21N5. The summed E-state index contributed by atoms with van der Waals surface area (Å²) < 4.78 is 0. The summed E-state index contributed by atoms with van der Waals surface area (Å²) in [6.45, 7) is 3.73. The van der Waals surface area contributed by atoms with E-state index in [1.165, 1.54) is 23.2 Å². The van der Waals surface area contributed by atoms with Gasteiger partial charge in [-0.15, -0.1) is 0 Å². The summed E-state index contributed by atoms with van der Waals surface area (Å²) >= 11 is 0. The second-order valence-electron chi connectivity index (χ2n) is 5.41. The van der Waals surface area contributed by atoms with E-state index < -0.39 is 0 Å². The average molecular weight is 283 g/mol. The van der Waals surface area contributed by atoms with Crippen LogP contribution in [0.3, 0.4) is 0 Å². The minimum Gasteiger partial charge on any atom is -0.360 e. The largest absolute Gasteiger partial charge is 0.360 e. The summed E-state index contributed by atoms with van der Waals surface area (Å²) in [5.41, 5.74) is 3.85. The van der Waals surface area contributed by atoms with Gasteiger partial charge in [0.2, 0.25) is 5.95 Å². The van der Waals surface area contributed by atoms with Crippen LogP contribution < -0.4 is 10.2 Å². The molecule has 110 valence electrons. The maximum Gasteiger partial charge on any atom is 0.224 e. The number of pyridine rings is 1. The fourth-order valence-electron chi connectivity index (χ4n) is 2.56. The number of aryl methyl sites for hydroxylation is 2. The molecule has 1 N–H and O–H groups in total. The summed E-state index contributed by atoms with van der Waals surface area (Å²) in [5, 5.41) is 3.28. The second-order valence-corrected chi connectivity index (χ2v) is 5.41. The highest BCUT2D eigenvalue weighted by atomic mass is 15.2. The molecule has 2 heterocycles. The van der Waals surface area contributed by atoms with E-state index in [1.54, 1.807) is 6.20 Å². The third kappa shape index (κ3) is 3.12. The van der Waals surface area contributed by atoms with Crippen LogP contribution in [0.1, 0.15) is 30.2 Å². The van der Waals surface area contributed by atoms with Crippen molar-refractivity contribution in [1.82, 2.24) is 15.0 Å². The maximum absolute atomic E-state index is 4.54. The molecule has 21 heavy (non-hydrogen) atoms. The molecule has 5 heteroatoms. The van der Waals surface area contributed by atoms with Gasteiger partial charge in [0, 0.05) is 38.2 Å². The Labute approximate surface area is 125 Å².